The van der Waals surface area contributed by atoms with Crippen LogP contribution in [0.5, 0.6) is 0 Å². The zero-order chi connectivity index (χ0) is 14.8. The number of ketones is 2. The molecule has 0 radical (unpaired) electrons. The molecule has 3 nitrogen and oxygen atoms in total. The van der Waals surface area contributed by atoms with Gasteiger partial charge in [-0.1, -0.05) is 54.3 Å². The van der Waals surface area contributed by atoms with E-state index in [1.807, 2.05) is 18.2 Å². The zero-order valence-electron chi connectivity index (χ0n) is 11.0. The van der Waals surface area contributed by atoms with Crippen LogP contribution in [0.3, 0.4) is 0 Å². The number of benzene rings is 2. The van der Waals surface area contributed by atoms with Crippen LogP contribution in [0.2, 0.25) is 0 Å². The Balaban J connectivity index is 2.08. The molecule has 0 aliphatic heterocycles. The summed E-state index contributed by atoms with van der Waals surface area (Å²) in [6, 6.07) is 15.5. The van der Waals surface area contributed by atoms with Crippen molar-refractivity contribution in [1.29, 1.82) is 0 Å². The average Bonchev–Trinajstić information content (AvgIpc) is 2.54. The van der Waals surface area contributed by atoms with Crippen LogP contribution in [0.25, 0.3) is 0 Å². The molecule has 0 saturated heterocycles. The SMILES string of the molecule is O=C1C(O)=C(C#Cc2ccccc2)C(=O)c2ccccc21. The highest BCUT2D eigenvalue weighted by Crippen LogP contribution is 2.24. The van der Waals surface area contributed by atoms with Gasteiger partial charge in [0, 0.05) is 16.7 Å². The van der Waals surface area contributed by atoms with Crippen molar-refractivity contribution in [3.8, 4) is 11.8 Å². The van der Waals surface area contributed by atoms with Gasteiger partial charge in [0.15, 0.2) is 5.76 Å². The summed E-state index contributed by atoms with van der Waals surface area (Å²) >= 11 is 0. The summed E-state index contributed by atoms with van der Waals surface area (Å²) < 4.78 is 0. The molecule has 2 aromatic carbocycles. The van der Waals surface area contributed by atoms with Crippen molar-refractivity contribution >= 4 is 11.6 Å². The third-order valence-corrected chi connectivity index (χ3v) is 3.20. The molecule has 0 saturated carbocycles. The molecule has 0 aromatic heterocycles. The molecule has 0 bridgehead atoms. The quantitative estimate of drug-likeness (QED) is 0.751. The summed E-state index contributed by atoms with van der Waals surface area (Å²) in [6.07, 6.45) is 0. The molecule has 0 spiro atoms. The third-order valence-electron chi connectivity index (χ3n) is 3.20. The van der Waals surface area contributed by atoms with E-state index >= 15 is 0 Å². The van der Waals surface area contributed by atoms with E-state index in [0.29, 0.717) is 5.56 Å². The minimum Gasteiger partial charge on any atom is -0.503 e. The minimum absolute atomic E-state index is 0.150. The Kier molecular flexibility index (Phi) is 3.13. The van der Waals surface area contributed by atoms with Gasteiger partial charge >= 0.3 is 0 Å². The summed E-state index contributed by atoms with van der Waals surface area (Å²) in [5.41, 5.74) is 1.04. The topological polar surface area (TPSA) is 54.4 Å². The number of hydrogen-bond donors (Lipinski definition) is 1. The molecule has 3 heteroatoms. The van der Waals surface area contributed by atoms with Gasteiger partial charge in [-0.2, -0.15) is 0 Å². The molecule has 1 N–H and O–H groups in total. The first-order chi connectivity index (χ1) is 10.2. The van der Waals surface area contributed by atoms with E-state index in [-0.39, 0.29) is 16.7 Å². The minimum atomic E-state index is -0.581. The molecule has 0 atom stereocenters. The number of allylic oxidation sites excluding steroid dienone is 2. The maximum Gasteiger partial charge on any atom is 0.229 e. The third kappa shape index (κ3) is 2.24. The van der Waals surface area contributed by atoms with Crippen LogP contribution in [0.15, 0.2) is 65.9 Å². The van der Waals surface area contributed by atoms with Crippen molar-refractivity contribution in [1.82, 2.24) is 0 Å². The molecule has 0 unspecified atom stereocenters. The van der Waals surface area contributed by atoms with Crippen LogP contribution < -0.4 is 0 Å². The van der Waals surface area contributed by atoms with Crippen molar-refractivity contribution in [2.24, 2.45) is 0 Å². The van der Waals surface area contributed by atoms with Crippen molar-refractivity contribution in [3.05, 3.63) is 82.6 Å². The molecule has 0 amide bonds. The Morgan fingerprint density at radius 3 is 1.95 bits per heavy atom. The van der Waals surface area contributed by atoms with Gasteiger partial charge in [-0.25, -0.2) is 0 Å². The second kappa shape index (κ2) is 5.10. The van der Waals surface area contributed by atoms with Gasteiger partial charge in [-0.15, -0.1) is 0 Å². The first-order valence-electron chi connectivity index (χ1n) is 6.37. The lowest BCUT2D eigenvalue weighted by Crippen LogP contribution is -2.21. The number of aliphatic hydroxyl groups excluding tert-OH is 1. The fraction of sp³-hybridized carbons (Fsp3) is 0. The number of carbonyl (C=O) groups is 2. The molecule has 0 heterocycles. The normalized spacial score (nSPS) is 13.5. The van der Waals surface area contributed by atoms with Gasteiger partial charge in [0.05, 0.1) is 0 Å². The number of carbonyl (C=O) groups excluding carboxylic acids is 2. The van der Waals surface area contributed by atoms with E-state index in [1.54, 1.807) is 30.3 Å². The first kappa shape index (κ1) is 12.9. The molecule has 1 aliphatic rings. The van der Waals surface area contributed by atoms with E-state index in [9.17, 15) is 14.7 Å². The highest BCUT2D eigenvalue weighted by molar-refractivity contribution is 6.27. The summed E-state index contributed by atoms with van der Waals surface area (Å²) in [5, 5.41) is 9.94. The number of Topliss-reactive ketones (excluding diaryl/α,β-unsaturated/α-hetero) is 2. The summed E-state index contributed by atoms with van der Waals surface area (Å²) in [7, 11) is 0. The van der Waals surface area contributed by atoms with Crippen molar-refractivity contribution < 1.29 is 14.7 Å². The Morgan fingerprint density at radius 1 is 0.714 bits per heavy atom. The fourth-order valence-corrected chi connectivity index (χ4v) is 2.13. The van der Waals surface area contributed by atoms with Gasteiger partial charge < -0.3 is 5.11 Å². The average molecular weight is 274 g/mol. The largest absolute Gasteiger partial charge is 0.503 e. The molecular weight excluding hydrogens is 264 g/mol. The molecule has 3 rings (SSSR count). The Hall–Kier alpha value is -3.12. The molecule has 100 valence electrons. The van der Waals surface area contributed by atoms with Crippen LogP contribution in [0.1, 0.15) is 26.3 Å². The van der Waals surface area contributed by atoms with E-state index < -0.39 is 17.3 Å². The van der Waals surface area contributed by atoms with Crippen LogP contribution >= 0.6 is 0 Å². The second-order valence-electron chi connectivity index (χ2n) is 4.54. The van der Waals surface area contributed by atoms with E-state index in [1.165, 1.54) is 6.07 Å². The molecule has 21 heavy (non-hydrogen) atoms. The van der Waals surface area contributed by atoms with E-state index in [0.717, 1.165) is 0 Å². The molecule has 2 aromatic rings. The maximum atomic E-state index is 12.3. The van der Waals surface area contributed by atoms with E-state index in [4.69, 9.17) is 0 Å². The van der Waals surface area contributed by atoms with Crippen molar-refractivity contribution in [2.45, 2.75) is 0 Å². The molecular formula is C18H10O3. The summed E-state index contributed by atoms with van der Waals surface area (Å²) in [5.74, 6) is 3.83. The van der Waals surface area contributed by atoms with E-state index in [2.05, 4.69) is 11.8 Å². The van der Waals surface area contributed by atoms with Gasteiger partial charge in [-0.3, -0.25) is 9.59 Å². The van der Waals surface area contributed by atoms with Gasteiger partial charge in [0.2, 0.25) is 11.6 Å². The lowest BCUT2D eigenvalue weighted by atomic mass is 9.88. The smallest absolute Gasteiger partial charge is 0.229 e. The van der Waals surface area contributed by atoms with Gasteiger partial charge in [0.25, 0.3) is 0 Å². The Morgan fingerprint density at radius 2 is 1.29 bits per heavy atom. The first-order valence-corrected chi connectivity index (χ1v) is 6.37. The highest BCUT2D eigenvalue weighted by Gasteiger charge is 2.30. The Labute approximate surface area is 121 Å². The standard InChI is InChI=1S/C18H10O3/c19-16-13-8-4-5-9-14(13)17(20)18(21)15(16)11-10-12-6-2-1-3-7-12/h1-9,21H. The van der Waals surface area contributed by atoms with Crippen LogP contribution in [0, 0.1) is 11.8 Å². The van der Waals surface area contributed by atoms with Crippen LogP contribution in [-0.2, 0) is 0 Å². The number of aliphatic hydroxyl groups is 1. The Bertz CT molecular complexity index is 834. The summed E-state index contributed by atoms with van der Waals surface area (Å²) in [6.45, 7) is 0. The predicted molar refractivity (Wildman–Crippen MR) is 78.1 cm³/mol. The molecule has 1 aliphatic carbocycles. The lowest BCUT2D eigenvalue weighted by molar-refractivity contribution is 0.0933. The number of rotatable bonds is 0. The van der Waals surface area contributed by atoms with Crippen molar-refractivity contribution in [2.75, 3.05) is 0 Å². The van der Waals surface area contributed by atoms with Crippen LogP contribution in [0.4, 0.5) is 0 Å². The molecule has 0 fully saturated rings. The lowest BCUT2D eigenvalue weighted by Gasteiger charge is -2.13. The number of fused-ring (bicyclic) bond motifs is 1. The number of hydrogen-bond acceptors (Lipinski definition) is 3. The van der Waals surface area contributed by atoms with Gasteiger partial charge in [-0.05, 0) is 12.1 Å². The predicted octanol–water partition coefficient (Wildman–Crippen LogP) is 2.93. The zero-order valence-corrected chi connectivity index (χ0v) is 11.0. The fourth-order valence-electron chi connectivity index (χ4n) is 2.13. The maximum absolute atomic E-state index is 12.3. The summed E-state index contributed by atoms with van der Waals surface area (Å²) in [4.78, 5) is 24.4. The monoisotopic (exact) mass is 274 g/mol. The second-order valence-corrected chi connectivity index (χ2v) is 4.54. The highest BCUT2D eigenvalue weighted by atomic mass is 16.3. The van der Waals surface area contributed by atoms with Crippen molar-refractivity contribution in [3.63, 3.8) is 0 Å². The van der Waals surface area contributed by atoms with Gasteiger partial charge in [0.1, 0.15) is 5.57 Å². The van der Waals surface area contributed by atoms with Crippen LogP contribution in [-0.4, -0.2) is 16.7 Å².